The van der Waals surface area contributed by atoms with Gasteiger partial charge in [0.25, 0.3) is 5.91 Å². The molecule has 36 heavy (non-hydrogen) atoms. The van der Waals surface area contributed by atoms with Crippen LogP contribution in [0.4, 0.5) is 5.69 Å². The van der Waals surface area contributed by atoms with E-state index in [0.29, 0.717) is 25.0 Å². The van der Waals surface area contributed by atoms with Gasteiger partial charge in [-0.2, -0.15) is 5.26 Å². The van der Waals surface area contributed by atoms with Gasteiger partial charge in [0.05, 0.1) is 23.9 Å². The minimum Gasteiger partial charge on any atom is -0.395 e. The predicted octanol–water partition coefficient (Wildman–Crippen LogP) is 4.16. The molecule has 1 amide bonds. The Morgan fingerprint density at radius 2 is 1.81 bits per heavy atom. The number of anilines is 1. The minimum absolute atomic E-state index is 0.00993. The van der Waals surface area contributed by atoms with Crippen LogP contribution < -0.4 is 4.90 Å². The second-order valence-corrected chi connectivity index (χ2v) is 10.8. The molecule has 6 nitrogen and oxygen atoms in total. The molecule has 0 aliphatic carbocycles. The van der Waals surface area contributed by atoms with Crippen molar-refractivity contribution in [3.63, 3.8) is 0 Å². The monoisotopic (exact) mass is 488 g/mol. The molecule has 0 aromatic heterocycles. The fourth-order valence-corrected chi connectivity index (χ4v) is 5.95. The summed E-state index contributed by atoms with van der Waals surface area (Å²) in [6.45, 7) is 12.5. The highest BCUT2D eigenvalue weighted by molar-refractivity contribution is 5.96. The van der Waals surface area contributed by atoms with Crippen molar-refractivity contribution in [2.45, 2.75) is 59.0 Å². The predicted molar refractivity (Wildman–Crippen MR) is 144 cm³/mol. The molecule has 2 aromatic rings. The van der Waals surface area contributed by atoms with Gasteiger partial charge in [-0.25, -0.2) is 0 Å². The third-order valence-corrected chi connectivity index (χ3v) is 8.09. The maximum atomic E-state index is 13.6. The summed E-state index contributed by atoms with van der Waals surface area (Å²) in [5.41, 5.74) is 6.11. The van der Waals surface area contributed by atoms with Crippen LogP contribution in [-0.2, 0) is 6.42 Å². The van der Waals surface area contributed by atoms with Crippen molar-refractivity contribution >= 4 is 11.6 Å². The molecule has 2 saturated heterocycles. The number of carbonyl (C=O) groups is 1. The zero-order valence-corrected chi connectivity index (χ0v) is 22.2. The number of hydrogen-bond acceptors (Lipinski definition) is 5. The van der Waals surface area contributed by atoms with Crippen LogP contribution in [0.1, 0.15) is 59.3 Å². The normalized spacial score (nSPS) is 19.5. The summed E-state index contributed by atoms with van der Waals surface area (Å²) in [4.78, 5) is 20.1. The van der Waals surface area contributed by atoms with E-state index in [0.717, 1.165) is 61.3 Å². The molecule has 6 heteroatoms. The first kappa shape index (κ1) is 26.2. The van der Waals surface area contributed by atoms with Crippen molar-refractivity contribution in [3.05, 3.63) is 64.2 Å². The molecule has 1 N–H and O–H groups in total. The second-order valence-electron chi connectivity index (χ2n) is 10.8. The Bertz CT molecular complexity index is 1110. The van der Waals surface area contributed by atoms with Crippen LogP contribution >= 0.6 is 0 Å². The van der Waals surface area contributed by atoms with Gasteiger partial charge < -0.3 is 14.9 Å². The fraction of sp³-hybridized carbons (Fsp3) is 0.533. The quantitative estimate of drug-likeness (QED) is 0.661. The maximum Gasteiger partial charge on any atom is 0.254 e. The van der Waals surface area contributed by atoms with Gasteiger partial charge in [0.1, 0.15) is 6.07 Å². The number of benzene rings is 2. The number of amides is 1. The molecule has 0 radical (unpaired) electrons. The Kier molecular flexibility index (Phi) is 8.33. The number of hydrogen-bond donors (Lipinski definition) is 1. The van der Waals surface area contributed by atoms with Crippen LogP contribution in [0, 0.1) is 31.1 Å². The Morgan fingerprint density at radius 1 is 1.08 bits per heavy atom. The molecule has 2 fully saturated rings. The molecule has 4 rings (SSSR count). The number of nitrogens with zero attached hydrogens (tertiary/aromatic N) is 4. The number of para-hydroxylation sites is 1. The van der Waals surface area contributed by atoms with Gasteiger partial charge in [0.15, 0.2) is 0 Å². The number of nitriles is 1. The zero-order chi connectivity index (χ0) is 25.8. The van der Waals surface area contributed by atoms with Crippen LogP contribution in [0.3, 0.4) is 0 Å². The van der Waals surface area contributed by atoms with Crippen molar-refractivity contribution in [2.75, 3.05) is 44.2 Å². The van der Waals surface area contributed by atoms with Crippen LogP contribution in [-0.4, -0.2) is 72.2 Å². The molecule has 0 spiro atoms. The summed E-state index contributed by atoms with van der Waals surface area (Å²) in [6, 6.07) is 14.8. The Balaban J connectivity index is 1.43. The molecule has 2 heterocycles. The third kappa shape index (κ3) is 5.58. The van der Waals surface area contributed by atoms with Crippen LogP contribution in [0.2, 0.25) is 0 Å². The Hall–Kier alpha value is -2.88. The molecule has 2 aromatic carbocycles. The SMILES string of the molecule is Cc1cc(C)c(C(=O)N2CCN(C(C)C)[C@H](CO)C2)cc1CC1CCN(c2ccccc2C#N)CC1. The van der Waals surface area contributed by atoms with Crippen LogP contribution in [0.25, 0.3) is 0 Å². The lowest BCUT2D eigenvalue weighted by Crippen LogP contribution is -2.58. The molecular formula is C30H40N4O2. The lowest BCUT2D eigenvalue weighted by Gasteiger charge is -2.43. The first-order chi connectivity index (χ1) is 17.3. The summed E-state index contributed by atoms with van der Waals surface area (Å²) in [7, 11) is 0. The number of aliphatic hydroxyl groups is 1. The number of aliphatic hydroxyl groups excluding tert-OH is 1. The first-order valence-electron chi connectivity index (χ1n) is 13.3. The molecule has 1 atom stereocenters. The number of carbonyl (C=O) groups excluding carboxylic acids is 1. The highest BCUT2D eigenvalue weighted by Gasteiger charge is 2.31. The van der Waals surface area contributed by atoms with Gasteiger partial charge in [-0.05, 0) is 87.8 Å². The van der Waals surface area contributed by atoms with E-state index in [9.17, 15) is 15.2 Å². The average Bonchev–Trinajstić information content (AvgIpc) is 2.89. The average molecular weight is 489 g/mol. The van der Waals surface area contributed by atoms with Gasteiger partial charge in [0.2, 0.25) is 0 Å². The molecule has 2 aliphatic heterocycles. The van der Waals surface area contributed by atoms with Crippen molar-refractivity contribution in [1.82, 2.24) is 9.80 Å². The van der Waals surface area contributed by atoms with E-state index in [1.165, 1.54) is 11.1 Å². The van der Waals surface area contributed by atoms with E-state index in [4.69, 9.17) is 0 Å². The van der Waals surface area contributed by atoms with E-state index < -0.39 is 0 Å². The summed E-state index contributed by atoms with van der Waals surface area (Å²) in [6.07, 6.45) is 3.12. The maximum absolute atomic E-state index is 13.6. The molecule has 0 bridgehead atoms. The number of aryl methyl sites for hydroxylation is 2. The summed E-state index contributed by atoms with van der Waals surface area (Å²) in [5.74, 6) is 0.645. The lowest BCUT2D eigenvalue weighted by molar-refractivity contribution is 0.0193. The standard InChI is InChI=1S/C30H40N4O2/c1-21(2)34-14-13-33(19-27(34)20-35)30(36)28-17-26(22(3)15-23(28)4)16-24-9-11-32(12-10-24)29-8-6-5-7-25(29)18-31/h5-8,15,17,21,24,27,35H,9-14,16,19-20H2,1-4H3/t27-/m0/s1. The third-order valence-electron chi connectivity index (χ3n) is 8.09. The van der Waals surface area contributed by atoms with E-state index >= 15 is 0 Å². The van der Waals surface area contributed by atoms with Gasteiger partial charge in [-0.15, -0.1) is 0 Å². The number of rotatable bonds is 6. The van der Waals surface area contributed by atoms with E-state index in [1.54, 1.807) is 0 Å². The van der Waals surface area contributed by atoms with Gasteiger partial charge in [-0.1, -0.05) is 18.2 Å². The highest BCUT2D eigenvalue weighted by atomic mass is 16.3. The van der Waals surface area contributed by atoms with Crippen molar-refractivity contribution in [2.24, 2.45) is 5.92 Å². The van der Waals surface area contributed by atoms with Gasteiger partial charge in [0, 0.05) is 44.3 Å². The Labute approximate surface area is 216 Å². The first-order valence-corrected chi connectivity index (χ1v) is 13.3. The van der Waals surface area contributed by atoms with E-state index in [2.05, 4.69) is 48.8 Å². The highest BCUT2D eigenvalue weighted by Crippen LogP contribution is 2.30. The van der Waals surface area contributed by atoms with Crippen molar-refractivity contribution in [1.29, 1.82) is 5.26 Å². The lowest BCUT2D eigenvalue weighted by atomic mass is 9.86. The smallest absolute Gasteiger partial charge is 0.254 e. The molecule has 0 unspecified atom stereocenters. The molecule has 192 valence electrons. The number of piperidine rings is 1. The summed E-state index contributed by atoms with van der Waals surface area (Å²) < 4.78 is 0. The summed E-state index contributed by atoms with van der Waals surface area (Å²) in [5, 5.41) is 19.4. The van der Waals surface area contributed by atoms with Crippen LogP contribution in [0.15, 0.2) is 36.4 Å². The summed E-state index contributed by atoms with van der Waals surface area (Å²) >= 11 is 0. The van der Waals surface area contributed by atoms with Crippen molar-refractivity contribution < 1.29 is 9.90 Å². The van der Waals surface area contributed by atoms with Crippen molar-refractivity contribution in [3.8, 4) is 6.07 Å². The minimum atomic E-state index is -0.00993. The number of piperazine rings is 1. The zero-order valence-electron chi connectivity index (χ0n) is 22.2. The van der Waals surface area contributed by atoms with Gasteiger partial charge in [-0.3, -0.25) is 9.69 Å². The van der Waals surface area contributed by atoms with E-state index in [-0.39, 0.29) is 18.6 Å². The van der Waals surface area contributed by atoms with Gasteiger partial charge >= 0.3 is 0 Å². The van der Waals surface area contributed by atoms with Crippen LogP contribution in [0.5, 0.6) is 0 Å². The molecule has 2 aliphatic rings. The van der Waals surface area contributed by atoms with E-state index in [1.807, 2.05) is 36.1 Å². The Morgan fingerprint density at radius 3 is 2.47 bits per heavy atom. The fourth-order valence-electron chi connectivity index (χ4n) is 5.95. The second kappa shape index (κ2) is 11.5. The largest absolute Gasteiger partial charge is 0.395 e. The topological polar surface area (TPSA) is 70.8 Å². The molecule has 0 saturated carbocycles. The molecular weight excluding hydrogens is 448 g/mol.